The molecule has 0 spiro atoms. The molecule has 6 heteroatoms. The molecule has 1 atom stereocenters. The maximum absolute atomic E-state index is 13.1. The highest BCUT2D eigenvalue weighted by molar-refractivity contribution is 5.94. The minimum Gasteiger partial charge on any atom is -0.466 e. The fraction of sp³-hybridized carbons (Fsp3) is 0.312. The van der Waals surface area contributed by atoms with Gasteiger partial charge in [-0.2, -0.15) is 0 Å². The normalized spacial score (nSPS) is 12.2. The summed E-state index contributed by atoms with van der Waals surface area (Å²) in [7, 11) is 0. The fourth-order valence-corrected chi connectivity index (χ4v) is 2.20. The number of carbonyl (C=O) groups is 1. The van der Waals surface area contributed by atoms with Crippen molar-refractivity contribution < 1.29 is 23.1 Å². The number of aliphatic hydroxyl groups excluding tert-OH is 1. The van der Waals surface area contributed by atoms with Crippen molar-refractivity contribution in [3.8, 4) is 0 Å². The van der Waals surface area contributed by atoms with Crippen LogP contribution in [-0.4, -0.2) is 17.6 Å². The lowest BCUT2D eigenvalue weighted by atomic mass is 10.1. The van der Waals surface area contributed by atoms with Crippen molar-refractivity contribution in [1.82, 2.24) is 5.32 Å². The molecule has 2 rings (SSSR count). The van der Waals surface area contributed by atoms with Gasteiger partial charge in [-0.3, -0.25) is 4.79 Å². The number of amides is 1. The Morgan fingerprint density at radius 2 is 2.00 bits per heavy atom. The Morgan fingerprint density at radius 3 is 2.59 bits per heavy atom. The molecule has 4 nitrogen and oxygen atoms in total. The van der Waals surface area contributed by atoms with Gasteiger partial charge in [0.25, 0.3) is 5.91 Å². The molecule has 1 amide bonds. The van der Waals surface area contributed by atoms with Gasteiger partial charge in [-0.25, -0.2) is 8.78 Å². The molecule has 1 aromatic carbocycles. The van der Waals surface area contributed by atoms with E-state index in [2.05, 4.69) is 5.32 Å². The molecule has 0 aliphatic rings. The molecule has 0 aliphatic heterocycles. The Balaban J connectivity index is 1.89. The largest absolute Gasteiger partial charge is 0.466 e. The number of carbonyl (C=O) groups excluding carboxylic acids is 1. The van der Waals surface area contributed by atoms with Gasteiger partial charge >= 0.3 is 0 Å². The summed E-state index contributed by atoms with van der Waals surface area (Å²) < 4.78 is 31.2. The van der Waals surface area contributed by atoms with Crippen LogP contribution >= 0.6 is 0 Å². The number of aliphatic hydroxyl groups is 1. The van der Waals surface area contributed by atoms with Gasteiger partial charge in [-0.05, 0) is 44.5 Å². The molecule has 0 saturated heterocycles. The molecule has 1 aromatic heterocycles. The molecule has 0 bridgehead atoms. The van der Waals surface area contributed by atoms with Crippen molar-refractivity contribution in [3.63, 3.8) is 0 Å². The molecule has 1 heterocycles. The van der Waals surface area contributed by atoms with E-state index in [9.17, 15) is 18.7 Å². The first kappa shape index (κ1) is 16.2. The lowest BCUT2D eigenvalue weighted by Crippen LogP contribution is -2.25. The zero-order chi connectivity index (χ0) is 16.3. The van der Waals surface area contributed by atoms with E-state index in [1.54, 1.807) is 19.9 Å². The zero-order valence-corrected chi connectivity index (χ0v) is 12.3. The van der Waals surface area contributed by atoms with Gasteiger partial charge in [-0.15, -0.1) is 0 Å². The number of aryl methyl sites for hydroxylation is 2. The maximum Gasteiger partial charge on any atom is 0.251 e. The fourth-order valence-electron chi connectivity index (χ4n) is 2.20. The first-order valence-electron chi connectivity index (χ1n) is 6.86. The lowest BCUT2D eigenvalue weighted by molar-refractivity contribution is 0.0942. The van der Waals surface area contributed by atoms with E-state index in [1.165, 1.54) is 6.07 Å². The second kappa shape index (κ2) is 6.70. The van der Waals surface area contributed by atoms with Crippen LogP contribution in [0.15, 0.2) is 28.7 Å². The summed E-state index contributed by atoms with van der Waals surface area (Å²) in [5.41, 5.74) is 0.711. The monoisotopic (exact) mass is 309 g/mol. The van der Waals surface area contributed by atoms with Crippen molar-refractivity contribution in [2.75, 3.05) is 6.54 Å². The van der Waals surface area contributed by atoms with Crippen molar-refractivity contribution >= 4 is 5.91 Å². The molecule has 1 unspecified atom stereocenters. The molecule has 0 radical (unpaired) electrons. The van der Waals surface area contributed by atoms with Crippen LogP contribution in [0.25, 0.3) is 0 Å². The van der Waals surface area contributed by atoms with Gasteiger partial charge in [0, 0.05) is 17.7 Å². The quantitative estimate of drug-likeness (QED) is 0.892. The number of rotatable bonds is 5. The van der Waals surface area contributed by atoms with E-state index in [0.29, 0.717) is 17.1 Å². The summed E-state index contributed by atoms with van der Waals surface area (Å²) in [6.45, 7) is 3.74. The summed E-state index contributed by atoms with van der Waals surface area (Å²) in [5, 5.41) is 12.6. The Morgan fingerprint density at radius 1 is 1.27 bits per heavy atom. The summed E-state index contributed by atoms with van der Waals surface area (Å²) >= 11 is 0. The first-order valence-corrected chi connectivity index (χ1v) is 6.86. The van der Waals surface area contributed by atoms with Crippen LogP contribution < -0.4 is 5.32 Å². The smallest absolute Gasteiger partial charge is 0.251 e. The highest BCUT2D eigenvalue weighted by Gasteiger charge is 2.15. The SMILES string of the molecule is Cc1cc(C(O)CCNC(=O)c2ccc(F)c(F)c2)c(C)o1. The second-order valence-electron chi connectivity index (χ2n) is 5.06. The molecular formula is C16H17F2NO3. The number of furan rings is 1. The molecular weight excluding hydrogens is 292 g/mol. The Bertz CT molecular complexity index is 682. The molecule has 118 valence electrons. The predicted octanol–water partition coefficient (Wildman–Crippen LogP) is 3.03. The Labute approximate surface area is 126 Å². The summed E-state index contributed by atoms with van der Waals surface area (Å²) in [6, 6.07) is 4.69. The molecule has 2 N–H and O–H groups in total. The van der Waals surface area contributed by atoms with Gasteiger partial charge in [0.15, 0.2) is 11.6 Å². The van der Waals surface area contributed by atoms with Crippen LogP contribution in [0.4, 0.5) is 8.78 Å². The summed E-state index contributed by atoms with van der Waals surface area (Å²) in [5.74, 6) is -1.25. The zero-order valence-electron chi connectivity index (χ0n) is 12.3. The van der Waals surface area contributed by atoms with E-state index in [-0.39, 0.29) is 18.5 Å². The van der Waals surface area contributed by atoms with Gasteiger partial charge in [0.1, 0.15) is 11.5 Å². The van der Waals surface area contributed by atoms with Gasteiger partial charge in [0.2, 0.25) is 0 Å². The third-order valence-electron chi connectivity index (χ3n) is 3.32. The van der Waals surface area contributed by atoms with Gasteiger partial charge in [0.05, 0.1) is 6.10 Å². The van der Waals surface area contributed by atoms with E-state index >= 15 is 0 Å². The van der Waals surface area contributed by atoms with E-state index in [4.69, 9.17) is 4.42 Å². The van der Waals surface area contributed by atoms with Crippen LogP contribution in [0.5, 0.6) is 0 Å². The highest BCUT2D eigenvalue weighted by Crippen LogP contribution is 2.23. The van der Waals surface area contributed by atoms with E-state index in [0.717, 1.165) is 12.1 Å². The molecule has 0 saturated carbocycles. The third kappa shape index (κ3) is 3.71. The number of hydrogen-bond acceptors (Lipinski definition) is 3. The lowest BCUT2D eigenvalue weighted by Gasteiger charge is -2.10. The predicted molar refractivity (Wildman–Crippen MR) is 76.5 cm³/mol. The number of halogens is 2. The van der Waals surface area contributed by atoms with Gasteiger partial charge in [-0.1, -0.05) is 0 Å². The molecule has 2 aromatic rings. The Kier molecular flexibility index (Phi) is 4.92. The molecule has 22 heavy (non-hydrogen) atoms. The molecule has 0 fully saturated rings. The van der Waals surface area contributed by atoms with Crippen LogP contribution in [0.1, 0.15) is 40.0 Å². The van der Waals surface area contributed by atoms with Gasteiger partial charge < -0.3 is 14.8 Å². The third-order valence-corrected chi connectivity index (χ3v) is 3.32. The van der Waals surface area contributed by atoms with Crippen LogP contribution in [0, 0.1) is 25.5 Å². The number of benzene rings is 1. The van der Waals surface area contributed by atoms with Crippen LogP contribution in [0.2, 0.25) is 0 Å². The minimum atomic E-state index is -1.07. The molecule has 0 aliphatic carbocycles. The van der Waals surface area contributed by atoms with Crippen molar-refractivity contribution in [2.24, 2.45) is 0 Å². The number of nitrogens with one attached hydrogen (secondary N) is 1. The van der Waals surface area contributed by atoms with E-state index in [1.807, 2.05) is 0 Å². The van der Waals surface area contributed by atoms with Crippen molar-refractivity contribution in [1.29, 1.82) is 0 Å². The van der Waals surface area contributed by atoms with E-state index < -0.39 is 23.6 Å². The standard InChI is InChI=1S/C16H17F2NO3/c1-9-7-12(10(2)22-9)15(20)5-6-19-16(21)11-3-4-13(17)14(18)8-11/h3-4,7-8,15,20H,5-6H2,1-2H3,(H,19,21). The summed E-state index contributed by atoms with van der Waals surface area (Å²) in [4.78, 5) is 11.8. The Hall–Kier alpha value is -2.21. The second-order valence-corrected chi connectivity index (χ2v) is 5.06. The number of hydrogen-bond donors (Lipinski definition) is 2. The average Bonchev–Trinajstić information content (AvgIpc) is 2.80. The summed E-state index contributed by atoms with van der Waals surface area (Å²) in [6.07, 6.45) is -0.474. The van der Waals surface area contributed by atoms with Crippen LogP contribution in [0.3, 0.4) is 0 Å². The van der Waals surface area contributed by atoms with Crippen molar-refractivity contribution in [3.05, 3.63) is 58.5 Å². The minimum absolute atomic E-state index is 0.0312. The average molecular weight is 309 g/mol. The highest BCUT2D eigenvalue weighted by atomic mass is 19.2. The maximum atomic E-state index is 13.1. The first-order chi connectivity index (χ1) is 10.4. The van der Waals surface area contributed by atoms with Crippen molar-refractivity contribution in [2.45, 2.75) is 26.4 Å². The topological polar surface area (TPSA) is 62.5 Å². The van der Waals surface area contributed by atoms with Crippen LogP contribution in [-0.2, 0) is 0 Å².